The van der Waals surface area contributed by atoms with E-state index in [0.717, 1.165) is 0 Å². The predicted octanol–water partition coefficient (Wildman–Crippen LogP) is -0.331. The molecule has 0 aromatic rings. The van der Waals surface area contributed by atoms with E-state index in [9.17, 15) is 0 Å². The fourth-order valence-corrected chi connectivity index (χ4v) is 2.97. The molecule has 104 valence electrons. The van der Waals surface area contributed by atoms with Crippen molar-refractivity contribution in [2.45, 2.75) is 37.8 Å². The molecule has 18 heavy (non-hydrogen) atoms. The van der Waals surface area contributed by atoms with E-state index in [4.69, 9.17) is 10.6 Å². The zero-order chi connectivity index (χ0) is 12.8. The van der Waals surface area contributed by atoms with Crippen molar-refractivity contribution in [3.63, 3.8) is 0 Å². The van der Waals surface area contributed by atoms with E-state index in [-0.39, 0.29) is 0 Å². The van der Waals surface area contributed by atoms with Crippen molar-refractivity contribution in [1.82, 2.24) is 15.6 Å². The van der Waals surface area contributed by atoms with Crippen LogP contribution in [0, 0.1) is 0 Å². The topological polar surface area (TPSA) is 74.9 Å². The Labute approximate surface area is 109 Å². The van der Waals surface area contributed by atoms with Gasteiger partial charge in [0.1, 0.15) is 0 Å². The Morgan fingerprint density at radius 3 is 3.06 bits per heavy atom. The molecule has 2 rings (SSSR count). The average Bonchev–Trinajstić information content (AvgIpc) is 2.81. The largest absolute Gasteiger partial charge is 0.383 e. The smallest absolute Gasteiger partial charge is 0.206 e. The van der Waals surface area contributed by atoms with Gasteiger partial charge in [0.25, 0.3) is 0 Å². The summed E-state index contributed by atoms with van der Waals surface area (Å²) in [5, 5.41) is 3.44. The number of guanidine groups is 1. The van der Waals surface area contributed by atoms with Gasteiger partial charge in [-0.1, -0.05) is 6.42 Å². The second-order valence-corrected chi connectivity index (χ2v) is 5.01. The van der Waals surface area contributed by atoms with Gasteiger partial charge in [0.15, 0.2) is 0 Å². The highest BCUT2D eigenvalue weighted by Gasteiger charge is 2.35. The van der Waals surface area contributed by atoms with Gasteiger partial charge in [-0.15, -0.1) is 0 Å². The highest BCUT2D eigenvalue weighted by molar-refractivity contribution is 5.79. The number of aliphatic imine (C=N–C) groups is 1. The molecule has 0 saturated carbocycles. The lowest BCUT2D eigenvalue weighted by Gasteiger charge is -2.32. The molecule has 2 saturated heterocycles. The Bertz CT molecular complexity index is 284. The van der Waals surface area contributed by atoms with Crippen LogP contribution in [0.25, 0.3) is 0 Å². The van der Waals surface area contributed by atoms with E-state index >= 15 is 0 Å². The molecule has 0 bridgehead atoms. The van der Waals surface area contributed by atoms with E-state index in [1.54, 1.807) is 7.11 Å². The van der Waals surface area contributed by atoms with Crippen molar-refractivity contribution in [2.24, 2.45) is 10.8 Å². The summed E-state index contributed by atoms with van der Waals surface area (Å²) < 4.78 is 4.98. The molecule has 2 aliphatic heterocycles. The van der Waals surface area contributed by atoms with Crippen LogP contribution in [0.4, 0.5) is 0 Å². The second-order valence-electron chi connectivity index (χ2n) is 5.01. The molecule has 6 nitrogen and oxygen atoms in total. The maximum atomic E-state index is 5.50. The second kappa shape index (κ2) is 6.92. The van der Waals surface area contributed by atoms with Crippen LogP contribution >= 0.6 is 0 Å². The first-order valence-electron chi connectivity index (χ1n) is 6.85. The van der Waals surface area contributed by atoms with Gasteiger partial charge in [-0.25, -0.2) is 10.8 Å². The summed E-state index contributed by atoms with van der Waals surface area (Å²) in [7, 11) is 1.68. The summed E-state index contributed by atoms with van der Waals surface area (Å²) in [6.07, 6.45) is 5.14. The molecule has 0 amide bonds. The minimum absolute atomic E-state index is 0.475. The third kappa shape index (κ3) is 3.34. The van der Waals surface area contributed by atoms with Crippen molar-refractivity contribution in [2.75, 3.05) is 33.4 Å². The molecule has 2 heterocycles. The number of rotatable bonds is 4. The zero-order valence-electron chi connectivity index (χ0n) is 11.2. The Kier molecular flexibility index (Phi) is 5.22. The molecule has 6 heteroatoms. The lowest BCUT2D eigenvalue weighted by atomic mass is 9.99. The van der Waals surface area contributed by atoms with Gasteiger partial charge in [0.05, 0.1) is 13.2 Å². The molecule has 0 aromatic heterocycles. The van der Waals surface area contributed by atoms with Crippen molar-refractivity contribution in [3.05, 3.63) is 0 Å². The van der Waals surface area contributed by atoms with Crippen LogP contribution in [0.15, 0.2) is 4.99 Å². The van der Waals surface area contributed by atoms with Crippen molar-refractivity contribution in [1.29, 1.82) is 0 Å². The van der Waals surface area contributed by atoms with Crippen LogP contribution in [0.2, 0.25) is 0 Å². The Balaban J connectivity index is 1.85. The predicted molar refractivity (Wildman–Crippen MR) is 72.3 cm³/mol. The number of nitrogens with two attached hydrogens (primary N) is 1. The van der Waals surface area contributed by atoms with Crippen LogP contribution in [0.1, 0.15) is 25.7 Å². The van der Waals surface area contributed by atoms with Crippen LogP contribution in [-0.2, 0) is 4.74 Å². The van der Waals surface area contributed by atoms with E-state index < -0.39 is 0 Å². The first-order valence-corrected chi connectivity index (χ1v) is 6.85. The minimum Gasteiger partial charge on any atom is -0.383 e. The SMILES string of the molecule is COCCN=C(NN)NC1CCN2CCCCC12. The standard InChI is InChI=1S/C12H25N5O/c1-18-9-6-14-12(16-13)15-10-5-8-17-7-3-2-4-11(10)17/h10-11H,2-9,13H2,1H3,(H2,14,15,16). The maximum absolute atomic E-state index is 5.50. The number of ether oxygens (including phenoxy) is 1. The number of fused-ring (bicyclic) bond motifs is 1. The zero-order valence-corrected chi connectivity index (χ0v) is 11.2. The minimum atomic E-state index is 0.475. The molecule has 4 N–H and O–H groups in total. The summed E-state index contributed by atoms with van der Waals surface area (Å²) in [5.74, 6) is 6.19. The molecule has 0 spiro atoms. The fraction of sp³-hybridized carbons (Fsp3) is 0.917. The number of piperidine rings is 1. The highest BCUT2D eigenvalue weighted by Crippen LogP contribution is 2.26. The molecule has 2 atom stereocenters. The van der Waals surface area contributed by atoms with E-state index in [1.807, 2.05) is 0 Å². The molecule has 2 unspecified atom stereocenters. The Hall–Kier alpha value is -0.850. The van der Waals surface area contributed by atoms with Crippen LogP contribution in [0.5, 0.6) is 0 Å². The van der Waals surface area contributed by atoms with Gasteiger partial charge in [0, 0.05) is 25.7 Å². The van der Waals surface area contributed by atoms with Gasteiger partial charge in [-0.2, -0.15) is 0 Å². The molecular formula is C12H25N5O. The molecule has 2 aliphatic rings. The van der Waals surface area contributed by atoms with Crippen molar-refractivity contribution in [3.8, 4) is 0 Å². The van der Waals surface area contributed by atoms with Gasteiger partial charge in [-0.3, -0.25) is 10.3 Å². The van der Waals surface area contributed by atoms with Gasteiger partial charge in [0.2, 0.25) is 5.96 Å². The lowest BCUT2D eigenvalue weighted by Crippen LogP contribution is -2.52. The monoisotopic (exact) mass is 255 g/mol. The molecule has 2 fully saturated rings. The lowest BCUT2D eigenvalue weighted by molar-refractivity contribution is 0.185. The molecule has 0 aliphatic carbocycles. The van der Waals surface area contributed by atoms with E-state index in [1.165, 1.54) is 38.8 Å². The Morgan fingerprint density at radius 1 is 1.39 bits per heavy atom. The number of hydrazine groups is 1. The number of hydrogen-bond donors (Lipinski definition) is 3. The van der Waals surface area contributed by atoms with Crippen molar-refractivity contribution < 1.29 is 4.74 Å². The summed E-state index contributed by atoms with van der Waals surface area (Å²) in [6, 6.07) is 1.13. The van der Waals surface area contributed by atoms with Crippen LogP contribution in [-0.4, -0.2) is 56.3 Å². The number of nitrogens with one attached hydrogen (secondary N) is 2. The van der Waals surface area contributed by atoms with Gasteiger partial charge >= 0.3 is 0 Å². The third-order valence-electron chi connectivity index (χ3n) is 3.88. The molecule has 0 aromatic carbocycles. The summed E-state index contributed by atoms with van der Waals surface area (Å²) >= 11 is 0. The number of nitrogens with zero attached hydrogens (tertiary/aromatic N) is 2. The Morgan fingerprint density at radius 2 is 2.28 bits per heavy atom. The van der Waals surface area contributed by atoms with Gasteiger partial charge < -0.3 is 10.1 Å². The van der Waals surface area contributed by atoms with E-state index in [0.29, 0.717) is 31.2 Å². The first kappa shape index (κ1) is 13.6. The summed E-state index contributed by atoms with van der Waals surface area (Å²) in [5.41, 5.74) is 2.65. The first-order chi connectivity index (χ1) is 8.85. The van der Waals surface area contributed by atoms with Gasteiger partial charge in [-0.05, 0) is 25.8 Å². The molecular weight excluding hydrogens is 230 g/mol. The summed E-state index contributed by atoms with van der Waals surface area (Å²) in [6.45, 7) is 3.69. The quantitative estimate of drug-likeness (QED) is 0.211. The van der Waals surface area contributed by atoms with Crippen LogP contribution < -0.4 is 16.6 Å². The fourth-order valence-electron chi connectivity index (χ4n) is 2.97. The highest BCUT2D eigenvalue weighted by atomic mass is 16.5. The number of hydrogen-bond acceptors (Lipinski definition) is 4. The third-order valence-corrected chi connectivity index (χ3v) is 3.88. The summed E-state index contributed by atoms with van der Waals surface area (Å²) in [4.78, 5) is 6.95. The maximum Gasteiger partial charge on any atom is 0.206 e. The average molecular weight is 255 g/mol. The van der Waals surface area contributed by atoms with Crippen LogP contribution in [0.3, 0.4) is 0 Å². The normalized spacial score (nSPS) is 29.1. The number of methoxy groups -OCH3 is 1. The van der Waals surface area contributed by atoms with Crippen molar-refractivity contribution >= 4 is 5.96 Å². The molecule has 0 radical (unpaired) electrons. The van der Waals surface area contributed by atoms with E-state index in [2.05, 4.69) is 20.6 Å².